The van der Waals surface area contributed by atoms with Gasteiger partial charge in [0.05, 0.1) is 0 Å². The lowest BCUT2D eigenvalue weighted by Gasteiger charge is -2.30. The van der Waals surface area contributed by atoms with Gasteiger partial charge in [-0.25, -0.2) is 9.97 Å². The molecule has 1 aliphatic rings. The summed E-state index contributed by atoms with van der Waals surface area (Å²) in [6.07, 6.45) is 3.22. The van der Waals surface area contributed by atoms with Gasteiger partial charge < -0.3 is 0 Å². The van der Waals surface area contributed by atoms with Crippen molar-refractivity contribution in [1.29, 1.82) is 0 Å². The van der Waals surface area contributed by atoms with Crippen LogP contribution in [0.4, 0.5) is 0 Å². The highest BCUT2D eigenvalue weighted by molar-refractivity contribution is 6.30. The largest absolute Gasteiger partial charge is 0.238 e. The number of rotatable bonds is 0. The van der Waals surface area contributed by atoms with Crippen LogP contribution in [0.3, 0.4) is 0 Å². The Hall–Kier alpha value is -0.630. The minimum Gasteiger partial charge on any atom is -0.238 e. The third kappa shape index (κ3) is 1.76. The molecular formula is C11H15ClN2. The summed E-state index contributed by atoms with van der Waals surface area (Å²) >= 11 is 6.12. The van der Waals surface area contributed by atoms with Crippen molar-refractivity contribution in [2.24, 2.45) is 5.41 Å². The average molecular weight is 211 g/mol. The first-order valence-electron chi connectivity index (χ1n) is 5.00. The Morgan fingerprint density at radius 2 is 2.00 bits per heavy atom. The van der Waals surface area contributed by atoms with Gasteiger partial charge in [-0.2, -0.15) is 0 Å². The van der Waals surface area contributed by atoms with Crippen molar-refractivity contribution in [3.8, 4) is 0 Å². The van der Waals surface area contributed by atoms with E-state index in [1.165, 1.54) is 6.42 Å². The summed E-state index contributed by atoms with van der Waals surface area (Å²) in [6.45, 7) is 6.43. The summed E-state index contributed by atoms with van der Waals surface area (Å²) in [5.74, 6) is 0.786. The number of halogens is 1. The summed E-state index contributed by atoms with van der Waals surface area (Å²) in [5.41, 5.74) is 2.66. The summed E-state index contributed by atoms with van der Waals surface area (Å²) in [5, 5.41) is 0.653. The Morgan fingerprint density at radius 3 is 2.71 bits per heavy atom. The van der Waals surface area contributed by atoms with Crippen molar-refractivity contribution < 1.29 is 0 Å². The van der Waals surface area contributed by atoms with Crippen LogP contribution in [-0.4, -0.2) is 9.97 Å². The molecule has 0 saturated heterocycles. The van der Waals surface area contributed by atoms with E-state index >= 15 is 0 Å². The van der Waals surface area contributed by atoms with Gasteiger partial charge in [-0.3, -0.25) is 0 Å². The topological polar surface area (TPSA) is 25.8 Å². The molecule has 1 heterocycles. The molecule has 14 heavy (non-hydrogen) atoms. The van der Waals surface area contributed by atoms with Crippen molar-refractivity contribution >= 4 is 11.6 Å². The normalized spacial score (nSPS) is 19.1. The maximum Gasteiger partial charge on any atom is 0.136 e. The molecule has 0 N–H and O–H groups in total. The zero-order valence-electron chi connectivity index (χ0n) is 8.89. The molecule has 2 nitrogen and oxygen atoms in total. The van der Waals surface area contributed by atoms with Gasteiger partial charge in [-0.1, -0.05) is 25.4 Å². The Kier molecular flexibility index (Phi) is 2.26. The molecule has 0 spiro atoms. The molecule has 1 aliphatic carbocycles. The Labute approximate surface area is 89.7 Å². The molecule has 0 unspecified atom stereocenters. The van der Waals surface area contributed by atoms with Crippen LogP contribution < -0.4 is 0 Å². The lowest BCUT2D eigenvalue weighted by Crippen LogP contribution is -2.24. The molecule has 0 amide bonds. The summed E-state index contributed by atoms with van der Waals surface area (Å²) < 4.78 is 0. The number of hydrogen-bond donors (Lipinski definition) is 0. The maximum absolute atomic E-state index is 6.12. The minimum atomic E-state index is 0.343. The molecule has 0 radical (unpaired) electrons. The third-order valence-electron chi connectivity index (χ3n) is 2.85. The zero-order chi connectivity index (χ0) is 10.3. The monoisotopic (exact) mass is 210 g/mol. The van der Waals surface area contributed by atoms with Gasteiger partial charge in [-0.05, 0) is 31.6 Å². The molecule has 0 fully saturated rings. The van der Waals surface area contributed by atoms with Gasteiger partial charge in [0.15, 0.2) is 0 Å². The fourth-order valence-corrected chi connectivity index (χ4v) is 2.32. The molecule has 0 atom stereocenters. The van der Waals surface area contributed by atoms with Crippen LogP contribution in [0.1, 0.15) is 37.4 Å². The third-order valence-corrected chi connectivity index (χ3v) is 3.16. The van der Waals surface area contributed by atoms with E-state index in [1.54, 1.807) is 0 Å². The molecule has 1 aromatic rings. The van der Waals surface area contributed by atoms with Gasteiger partial charge in [0.25, 0.3) is 0 Å². The summed E-state index contributed by atoms with van der Waals surface area (Å²) in [7, 11) is 0. The van der Waals surface area contributed by atoms with E-state index in [0.29, 0.717) is 10.6 Å². The fourth-order valence-electron chi connectivity index (χ4n) is 2.02. The van der Waals surface area contributed by atoms with Crippen LogP contribution in [0.2, 0.25) is 5.15 Å². The Morgan fingerprint density at radius 1 is 1.29 bits per heavy atom. The van der Waals surface area contributed by atoms with Crippen LogP contribution in [0, 0.1) is 12.3 Å². The number of nitrogens with zero attached hydrogens (tertiary/aromatic N) is 2. The first-order chi connectivity index (χ1) is 6.48. The molecular weight excluding hydrogens is 196 g/mol. The molecule has 0 aliphatic heterocycles. The van der Waals surface area contributed by atoms with Gasteiger partial charge in [0.1, 0.15) is 11.0 Å². The lowest BCUT2D eigenvalue weighted by molar-refractivity contribution is 0.311. The van der Waals surface area contributed by atoms with Crippen molar-refractivity contribution in [3.63, 3.8) is 0 Å². The van der Waals surface area contributed by atoms with Crippen molar-refractivity contribution in [3.05, 3.63) is 22.2 Å². The molecule has 1 aromatic heterocycles. The van der Waals surface area contributed by atoms with Gasteiger partial charge in [0, 0.05) is 11.3 Å². The lowest BCUT2D eigenvalue weighted by atomic mass is 9.76. The highest BCUT2D eigenvalue weighted by Gasteiger charge is 2.28. The van der Waals surface area contributed by atoms with E-state index in [0.717, 1.165) is 29.9 Å². The van der Waals surface area contributed by atoms with Crippen LogP contribution >= 0.6 is 11.6 Å². The number of aromatic nitrogens is 2. The quantitative estimate of drug-likeness (QED) is 0.616. The molecule has 76 valence electrons. The summed E-state index contributed by atoms with van der Waals surface area (Å²) in [4.78, 5) is 8.65. The van der Waals surface area contributed by atoms with Crippen LogP contribution in [0.5, 0.6) is 0 Å². The SMILES string of the molecule is Cc1nc(Cl)c2c(n1)CCC(C)(C)C2. The molecule has 0 aromatic carbocycles. The van der Waals surface area contributed by atoms with E-state index in [1.807, 2.05) is 6.92 Å². The zero-order valence-corrected chi connectivity index (χ0v) is 9.65. The second kappa shape index (κ2) is 3.20. The molecule has 0 bridgehead atoms. The van der Waals surface area contributed by atoms with E-state index < -0.39 is 0 Å². The predicted molar refractivity (Wildman–Crippen MR) is 57.6 cm³/mol. The standard InChI is InChI=1S/C11H15ClN2/c1-7-13-9-4-5-11(2,3)6-8(9)10(12)14-7/h4-6H2,1-3H3. The minimum absolute atomic E-state index is 0.343. The van der Waals surface area contributed by atoms with Crippen LogP contribution in [0.15, 0.2) is 0 Å². The van der Waals surface area contributed by atoms with E-state index in [-0.39, 0.29) is 0 Å². The smallest absolute Gasteiger partial charge is 0.136 e. The van der Waals surface area contributed by atoms with E-state index in [4.69, 9.17) is 11.6 Å². The maximum atomic E-state index is 6.12. The van der Waals surface area contributed by atoms with Crippen LogP contribution in [-0.2, 0) is 12.8 Å². The van der Waals surface area contributed by atoms with E-state index in [9.17, 15) is 0 Å². The number of fused-ring (bicyclic) bond motifs is 1. The molecule has 0 saturated carbocycles. The van der Waals surface area contributed by atoms with Crippen LogP contribution in [0.25, 0.3) is 0 Å². The van der Waals surface area contributed by atoms with Gasteiger partial charge >= 0.3 is 0 Å². The first-order valence-corrected chi connectivity index (χ1v) is 5.38. The Balaban J connectivity index is 2.47. The Bertz CT molecular complexity index is 372. The van der Waals surface area contributed by atoms with E-state index in [2.05, 4.69) is 23.8 Å². The highest BCUT2D eigenvalue weighted by Crippen LogP contribution is 2.36. The number of aryl methyl sites for hydroxylation is 2. The highest BCUT2D eigenvalue weighted by atomic mass is 35.5. The van der Waals surface area contributed by atoms with Gasteiger partial charge in [0.2, 0.25) is 0 Å². The number of hydrogen-bond acceptors (Lipinski definition) is 2. The van der Waals surface area contributed by atoms with Crippen molar-refractivity contribution in [1.82, 2.24) is 9.97 Å². The average Bonchev–Trinajstić information content (AvgIpc) is 2.06. The molecule has 2 rings (SSSR count). The summed E-state index contributed by atoms with van der Waals surface area (Å²) in [6, 6.07) is 0. The van der Waals surface area contributed by atoms with Crippen molar-refractivity contribution in [2.45, 2.75) is 40.0 Å². The molecule has 3 heteroatoms. The predicted octanol–water partition coefficient (Wildman–Crippen LogP) is 2.95. The van der Waals surface area contributed by atoms with Gasteiger partial charge in [-0.15, -0.1) is 0 Å². The first kappa shape index (κ1) is 9.91. The fraction of sp³-hybridized carbons (Fsp3) is 0.636. The second-order valence-corrected chi connectivity index (χ2v) is 5.19. The van der Waals surface area contributed by atoms with Crippen molar-refractivity contribution in [2.75, 3.05) is 0 Å². The second-order valence-electron chi connectivity index (χ2n) is 4.83.